The van der Waals surface area contributed by atoms with Crippen molar-refractivity contribution in [3.8, 4) is 0 Å². The van der Waals surface area contributed by atoms with Crippen LogP contribution in [0, 0.1) is 0 Å². The van der Waals surface area contributed by atoms with Crippen LogP contribution in [0.2, 0.25) is 10.0 Å². The van der Waals surface area contributed by atoms with Crippen molar-refractivity contribution >= 4 is 40.4 Å². The van der Waals surface area contributed by atoms with Crippen molar-refractivity contribution in [1.82, 2.24) is 9.55 Å². The van der Waals surface area contributed by atoms with Crippen LogP contribution in [0.15, 0.2) is 30.6 Å². The van der Waals surface area contributed by atoms with E-state index < -0.39 is 0 Å². The lowest BCUT2D eigenvalue weighted by molar-refractivity contribution is 0.788. The van der Waals surface area contributed by atoms with Gasteiger partial charge in [0.25, 0.3) is 0 Å². The number of nitrogens with zero attached hydrogens (tertiary/aromatic N) is 2. The first-order valence-corrected chi connectivity index (χ1v) is 6.00. The average Bonchev–Trinajstić information content (AvgIpc) is 2.73. The van der Waals surface area contributed by atoms with Crippen LogP contribution in [0.5, 0.6) is 0 Å². The Balaban J connectivity index is 2.35. The highest BCUT2D eigenvalue weighted by Crippen LogP contribution is 2.26. The number of hydrogen-bond donors (Lipinski definition) is 1. The lowest BCUT2D eigenvalue weighted by Crippen LogP contribution is -2.17. The van der Waals surface area contributed by atoms with Gasteiger partial charge in [0, 0.05) is 12.4 Å². The van der Waals surface area contributed by atoms with Crippen LogP contribution < -0.4 is 5.73 Å². The number of halogens is 2. The minimum absolute atomic E-state index is 0.258. The maximum atomic E-state index is 6.11. The summed E-state index contributed by atoms with van der Waals surface area (Å²) in [6, 6.07) is 5.49. The molecule has 0 fully saturated rings. The van der Waals surface area contributed by atoms with Crippen molar-refractivity contribution in [3.63, 3.8) is 0 Å². The van der Waals surface area contributed by atoms with Crippen molar-refractivity contribution < 1.29 is 0 Å². The quantitative estimate of drug-likeness (QED) is 0.882. The summed E-state index contributed by atoms with van der Waals surface area (Å²) in [6.45, 7) is 0.534. The number of aromatic nitrogens is 2. The van der Waals surface area contributed by atoms with Crippen molar-refractivity contribution in [2.24, 2.45) is 5.73 Å². The van der Waals surface area contributed by atoms with E-state index in [2.05, 4.69) is 4.98 Å². The highest BCUT2D eigenvalue weighted by atomic mass is 35.5. The summed E-state index contributed by atoms with van der Waals surface area (Å²) < 4.78 is 1.83. The second-order valence-electron chi connectivity index (χ2n) is 3.46. The van der Waals surface area contributed by atoms with Gasteiger partial charge in [-0.25, -0.2) is 4.98 Å². The molecule has 0 aliphatic heterocycles. The fourth-order valence-electron chi connectivity index (χ4n) is 1.52. The van der Waals surface area contributed by atoms with E-state index >= 15 is 0 Å². The minimum Gasteiger partial charge on any atom is -0.387 e. The molecule has 0 amide bonds. The van der Waals surface area contributed by atoms with Gasteiger partial charge >= 0.3 is 0 Å². The molecule has 0 aliphatic rings. The van der Waals surface area contributed by atoms with Crippen molar-refractivity contribution in [1.29, 1.82) is 0 Å². The van der Waals surface area contributed by atoms with Gasteiger partial charge in [-0.3, -0.25) is 0 Å². The molecular formula is C11H9Cl2N3S. The maximum absolute atomic E-state index is 6.11. The predicted molar refractivity (Wildman–Crippen MR) is 73.7 cm³/mol. The summed E-state index contributed by atoms with van der Waals surface area (Å²) in [5, 5.41) is 1.07. The third kappa shape index (κ3) is 2.60. The van der Waals surface area contributed by atoms with Gasteiger partial charge in [0.05, 0.1) is 16.6 Å². The van der Waals surface area contributed by atoms with Crippen LogP contribution in [0.3, 0.4) is 0 Å². The Hall–Kier alpha value is -1.10. The molecule has 2 aromatic rings. The molecule has 1 heterocycles. The summed E-state index contributed by atoms with van der Waals surface area (Å²) in [4.78, 5) is 4.34. The molecule has 88 valence electrons. The summed E-state index contributed by atoms with van der Waals surface area (Å²) in [6.07, 6.45) is 3.44. The first kappa shape index (κ1) is 12.4. The van der Waals surface area contributed by atoms with Gasteiger partial charge in [-0.1, -0.05) is 47.6 Å². The number of benzene rings is 1. The number of rotatable bonds is 3. The first-order valence-electron chi connectivity index (χ1n) is 4.83. The lowest BCUT2D eigenvalue weighted by Gasteiger charge is -2.09. The van der Waals surface area contributed by atoms with E-state index in [9.17, 15) is 0 Å². The van der Waals surface area contributed by atoms with Crippen molar-refractivity contribution in [2.75, 3.05) is 0 Å². The Bertz CT molecular complexity index is 566. The minimum atomic E-state index is 0.258. The first-order chi connectivity index (χ1) is 8.09. The molecule has 6 heteroatoms. The van der Waals surface area contributed by atoms with Crippen LogP contribution >= 0.6 is 35.4 Å². The van der Waals surface area contributed by atoms with E-state index in [-0.39, 0.29) is 4.99 Å². The number of hydrogen-bond acceptors (Lipinski definition) is 2. The third-order valence-corrected chi connectivity index (χ3v) is 3.35. The van der Waals surface area contributed by atoms with E-state index in [0.717, 1.165) is 5.56 Å². The standard InChI is InChI=1S/C11H9Cl2N3S/c12-8-3-1-2-7(9(8)13)6-16-5-4-15-11(16)10(14)17/h1-5H,6H2,(H2,14,17). The molecule has 0 saturated carbocycles. The summed E-state index contributed by atoms with van der Waals surface area (Å²) in [7, 11) is 0. The summed E-state index contributed by atoms with van der Waals surface area (Å²) in [5.74, 6) is 0.566. The largest absolute Gasteiger partial charge is 0.387 e. The molecule has 3 nitrogen and oxygen atoms in total. The molecule has 0 aliphatic carbocycles. The molecule has 0 saturated heterocycles. The molecule has 0 spiro atoms. The van der Waals surface area contributed by atoms with Crippen molar-refractivity contribution in [3.05, 3.63) is 52.0 Å². The van der Waals surface area contributed by atoms with Crippen LogP contribution in [-0.4, -0.2) is 14.5 Å². The Labute approximate surface area is 114 Å². The van der Waals surface area contributed by atoms with Crippen LogP contribution in [0.1, 0.15) is 11.4 Å². The predicted octanol–water partition coefficient (Wildman–Crippen LogP) is 2.87. The van der Waals surface area contributed by atoms with E-state index in [1.54, 1.807) is 18.5 Å². The van der Waals surface area contributed by atoms with Gasteiger partial charge in [0.1, 0.15) is 4.99 Å². The zero-order valence-electron chi connectivity index (χ0n) is 8.73. The smallest absolute Gasteiger partial charge is 0.167 e. The van der Waals surface area contributed by atoms with Gasteiger partial charge in [-0.05, 0) is 11.6 Å². The topological polar surface area (TPSA) is 43.8 Å². The van der Waals surface area contributed by atoms with Crippen LogP contribution in [0.4, 0.5) is 0 Å². The van der Waals surface area contributed by atoms with Gasteiger partial charge < -0.3 is 10.3 Å². The maximum Gasteiger partial charge on any atom is 0.167 e. The molecule has 1 aromatic heterocycles. The Morgan fingerprint density at radius 1 is 1.41 bits per heavy atom. The second-order valence-corrected chi connectivity index (χ2v) is 4.68. The van der Waals surface area contributed by atoms with E-state index in [0.29, 0.717) is 22.4 Å². The molecule has 0 atom stereocenters. The van der Waals surface area contributed by atoms with Gasteiger partial charge in [0.15, 0.2) is 5.82 Å². The zero-order valence-corrected chi connectivity index (χ0v) is 11.1. The van der Waals surface area contributed by atoms with Crippen LogP contribution in [0.25, 0.3) is 0 Å². The highest BCUT2D eigenvalue weighted by molar-refractivity contribution is 7.80. The Kier molecular flexibility index (Phi) is 3.66. The van der Waals surface area contributed by atoms with E-state index in [1.807, 2.05) is 16.7 Å². The highest BCUT2D eigenvalue weighted by Gasteiger charge is 2.09. The van der Waals surface area contributed by atoms with Gasteiger partial charge in [0.2, 0.25) is 0 Å². The van der Waals surface area contributed by atoms with Crippen molar-refractivity contribution in [2.45, 2.75) is 6.54 Å². The third-order valence-electron chi connectivity index (χ3n) is 2.31. The zero-order chi connectivity index (χ0) is 12.4. The second kappa shape index (κ2) is 5.04. The van der Waals surface area contributed by atoms with Gasteiger partial charge in [-0.2, -0.15) is 0 Å². The molecule has 17 heavy (non-hydrogen) atoms. The molecule has 0 radical (unpaired) electrons. The summed E-state index contributed by atoms with van der Waals surface area (Å²) in [5.41, 5.74) is 6.47. The van der Waals surface area contributed by atoms with E-state index in [1.165, 1.54) is 0 Å². The number of nitrogens with two attached hydrogens (primary N) is 1. The molecule has 2 rings (SSSR count). The fraction of sp³-hybridized carbons (Fsp3) is 0.0909. The Morgan fingerprint density at radius 2 is 2.18 bits per heavy atom. The number of imidazole rings is 1. The normalized spacial score (nSPS) is 10.5. The molecule has 0 unspecified atom stereocenters. The fourth-order valence-corrected chi connectivity index (χ4v) is 2.07. The Morgan fingerprint density at radius 3 is 2.88 bits per heavy atom. The molecule has 2 N–H and O–H groups in total. The van der Waals surface area contributed by atoms with Gasteiger partial charge in [-0.15, -0.1) is 0 Å². The lowest BCUT2D eigenvalue weighted by atomic mass is 10.2. The van der Waals surface area contributed by atoms with E-state index in [4.69, 9.17) is 41.2 Å². The average molecular weight is 286 g/mol. The molecule has 1 aromatic carbocycles. The molecular weight excluding hydrogens is 277 g/mol. The summed E-state index contributed by atoms with van der Waals surface area (Å²) >= 11 is 17.0. The monoisotopic (exact) mass is 285 g/mol. The van der Waals surface area contributed by atoms with Crippen LogP contribution in [-0.2, 0) is 6.54 Å². The SMILES string of the molecule is NC(=S)c1nccn1Cc1cccc(Cl)c1Cl. The molecule has 0 bridgehead atoms. The number of thiocarbonyl (C=S) groups is 1.